The van der Waals surface area contributed by atoms with Gasteiger partial charge in [-0.3, -0.25) is 4.79 Å². The van der Waals surface area contributed by atoms with Crippen LogP contribution in [-0.4, -0.2) is 11.3 Å². The summed E-state index contributed by atoms with van der Waals surface area (Å²) in [5.74, 6) is 0. The molecule has 104 valence electrons. The van der Waals surface area contributed by atoms with E-state index < -0.39 is 17.4 Å². The molecule has 20 heavy (non-hydrogen) atoms. The SMILES string of the molecule is O=Cc1ccc(-c2cccc(Br)c2Cl)nc1C(F)(F)F. The van der Waals surface area contributed by atoms with Gasteiger partial charge in [-0.15, -0.1) is 0 Å². The molecule has 2 nitrogen and oxygen atoms in total. The molecule has 0 radical (unpaired) electrons. The smallest absolute Gasteiger partial charge is 0.298 e. The fourth-order valence-electron chi connectivity index (χ4n) is 1.64. The van der Waals surface area contributed by atoms with Crippen LogP contribution in [0.15, 0.2) is 34.8 Å². The van der Waals surface area contributed by atoms with Crippen molar-refractivity contribution in [1.29, 1.82) is 0 Å². The van der Waals surface area contributed by atoms with Crippen molar-refractivity contribution in [1.82, 2.24) is 4.98 Å². The third-order valence-corrected chi connectivity index (χ3v) is 3.85. The quantitative estimate of drug-likeness (QED) is 0.702. The minimum Gasteiger partial charge on any atom is -0.298 e. The molecule has 0 aliphatic rings. The Morgan fingerprint density at radius 1 is 1.20 bits per heavy atom. The Morgan fingerprint density at radius 3 is 2.50 bits per heavy atom. The predicted molar refractivity (Wildman–Crippen MR) is 72.8 cm³/mol. The van der Waals surface area contributed by atoms with E-state index in [9.17, 15) is 18.0 Å². The molecule has 0 spiro atoms. The summed E-state index contributed by atoms with van der Waals surface area (Å²) in [6.07, 6.45) is -4.58. The van der Waals surface area contributed by atoms with Gasteiger partial charge in [-0.1, -0.05) is 23.7 Å². The minimum atomic E-state index is -4.70. The lowest BCUT2D eigenvalue weighted by Crippen LogP contribution is -2.12. The van der Waals surface area contributed by atoms with Crippen LogP contribution < -0.4 is 0 Å². The zero-order valence-electron chi connectivity index (χ0n) is 9.71. The zero-order chi connectivity index (χ0) is 14.9. The Balaban J connectivity index is 2.65. The lowest BCUT2D eigenvalue weighted by molar-refractivity contribution is -0.141. The van der Waals surface area contributed by atoms with E-state index in [1.165, 1.54) is 6.07 Å². The number of hydrogen-bond acceptors (Lipinski definition) is 2. The number of halogens is 5. The van der Waals surface area contributed by atoms with E-state index in [-0.39, 0.29) is 17.0 Å². The topological polar surface area (TPSA) is 30.0 Å². The van der Waals surface area contributed by atoms with Crippen molar-refractivity contribution < 1.29 is 18.0 Å². The Hall–Kier alpha value is -1.40. The van der Waals surface area contributed by atoms with E-state index in [2.05, 4.69) is 20.9 Å². The van der Waals surface area contributed by atoms with Crippen LogP contribution in [0.4, 0.5) is 13.2 Å². The van der Waals surface area contributed by atoms with Gasteiger partial charge in [0.15, 0.2) is 12.0 Å². The molecule has 0 aliphatic heterocycles. The standard InChI is InChI=1S/C13H6BrClF3NO/c14-9-3-1-2-8(11(9)15)10-5-4-7(6-20)12(19-10)13(16,17)18/h1-6H. The van der Waals surface area contributed by atoms with Gasteiger partial charge in [0.1, 0.15) is 0 Å². The first kappa shape index (κ1) is 15.0. The van der Waals surface area contributed by atoms with Crippen molar-refractivity contribution in [2.24, 2.45) is 0 Å². The normalized spacial score (nSPS) is 11.4. The van der Waals surface area contributed by atoms with Crippen LogP contribution in [-0.2, 0) is 6.18 Å². The predicted octanol–water partition coefficient (Wildman–Crippen LogP) is 5.00. The van der Waals surface area contributed by atoms with Crippen molar-refractivity contribution in [3.8, 4) is 11.3 Å². The van der Waals surface area contributed by atoms with E-state index in [1.807, 2.05) is 0 Å². The molecule has 1 aromatic heterocycles. The molecule has 2 aromatic rings. The first-order valence-corrected chi connectivity index (χ1v) is 6.49. The first-order chi connectivity index (χ1) is 9.34. The van der Waals surface area contributed by atoms with E-state index in [1.54, 1.807) is 18.2 Å². The summed E-state index contributed by atoms with van der Waals surface area (Å²) < 4.78 is 39.1. The van der Waals surface area contributed by atoms with Crippen molar-refractivity contribution in [2.75, 3.05) is 0 Å². The molecule has 0 amide bonds. The van der Waals surface area contributed by atoms with Crippen LogP contribution in [0.25, 0.3) is 11.3 Å². The summed E-state index contributed by atoms with van der Waals surface area (Å²) in [4.78, 5) is 14.2. The van der Waals surface area contributed by atoms with E-state index in [0.29, 0.717) is 10.0 Å². The molecular weight excluding hydrogens is 358 g/mol. The van der Waals surface area contributed by atoms with Gasteiger partial charge in [0.05, 0.1) is 10.7 Å². The summed E-state index contributed by atoms with van der Waals surface area (Å²) in [7, 11) is 0. The number of aromatic nitrogens is 1. The van der Waals surface area contributed by atoms with Gasteiger partial charge in [-0.25, -0.2) is 4.98 Å². The molecular formula is C13H6BrClF3NO. The molecule has 0 atom stereocenters. The van der Waals surface area contributed by atoms with Crippen LogP contribution in [0.1, 0.15) is 16.1 Å². The van der Waals surface area contributed by atoms with Crippen LogP contribution >= 0.6 is 27.5 Å². The van der Waals surface area contributed by atoms with Crippen LogP contribution in [0.2, 0.25) is 5.02 Å². The highest BCUT2D eigenvalue weighted by Crippen LogP contribution is 2.35. The highest BCUT2D eigenvalue weighted by Gasteiger charge is 2.35. The summed E-state index contributed by atoms with van der Waals surface area (Å²) in [6.45, 7) is 0. The summed E-state index contributed by atoms with van der Waals surface area (Å²) in [5.41, 5.74) is -1.33. The second kappa shape index (κ2) is 5.54. The number of alkyl halides is 3. The van der Waals surface area contributed by atoms with E-state index >= 15 is 0 Å². The number of hydrogen-bond donors (Lipinski definition) is 0. The lowest BCUT2D eigenvalue weighted by atomic mass is 10.1. The number of rotatable bonds is 2. The molecule has 0 bridgehead atoms. The van der Waals surface area contributed by atoms with Crippen molar-refractivity contribution in [3.63, 3.8) is 0 Å². The molecule has 0 unspecified atom stereocenters. The average Bonchev–Trinajstić information content (AvgIpc) is 2.40. The van der Waals surface area contributed by atoms with Crippen molar-refractivity contribution >= 4 is 33.8 Å². The van der Waals surface area contributed by atoms with Gasteiger partial charge in [0.2, 0.25) is 0 Å². The molecule has 0 N–H and O–H groups in total. The second-order valence-electron chi connectivity index (χ2n) is 3.85. The largest absolute Gasteiger partial charge is 0.434 e. The number of aldehydes is 1. The molecule has 2 rings (SSSR count). The molecule has 0 aliphatic carbocycles. The average molecular weight is 365 g/mol. The van der Waals surface area contributed by atoms with Crippen molar-refractivity contribution in [2.45, 2.75) is 6.18 Å². The Kier molecular flexibility index (Phi) is 4.15. The number of carbonyl (C=O) groups is 1. The minimum absolute atomic E-state index is 0.0502. The summed E-state index contributed by atoms with van der Waals surface area (Å²) in [5, 5.41) is 0.256. The maximum atomic E-state index is 12.8. The molecule has 0 saturated heterocycles. The maximum Gasteiger partial charge on any atom is 0.434 e. The number of carbonyl (C=O) groups excluding carboxylic acids is 1. The van der Waals surface area contributed by atoms with Crippen molar-refractivity contribution in [3.05, 3.63) is 51.1 Å². The van der Waals surface area contributed by atoms with Gasteiger partial charge in [-0.05, 0) is 34.1 Å². The monoisotopic (exact) mass is 363 g/mol. The Morgan fingerprint density at radius 2 is 1.90 bits per heavy atom. The van der Waals surface area contributed by atoms with E-state index in [0.717, 1.165) is 6.07 Å². The highest BCUT2D eigenvalue weighted by molar-refractivity contribution is 9.10. The Bertz CT molecular complexity index is 673. The summed E-state index contributed by atoms with van der Waals surface area (Å²) >= 11 is 9.22. The second-order valence-corrected chi connectivity index (χ2v) is 5.08. The number of benzene rings is 1. The van der Waals surface area contributed by atoms with Gasteiger partial charge in [0, 0.05) is 15.6 Å². The maximum absolute atomic E-state index is 12.8. The van der Waals surface area contributed by atoms with Gasteiger partial charge < -0.3 is 0 Å². The van der Waals surface area contributed by atoms with E-state index in [4.69, 9.17) is 11.6 Å². The zero-order valence-corrected chi connectivity index (χ0v) is 12.1. The fraction of sp³-hybridized carbons (Fsp3) is 0.0769. The fourth-order valence-corrected chi connectivity index (χ4v) is 2.23. The third kappa shape index (κ3) is 2.86. The Labute approximate surface area is 125 Å². The summed E-state index contributed by atoms with van der Waals surface area (Å²) in [6, 6.07) is 7.25. The molecule has 1 heterocycles. The molecule has 1 aromatic carbocycles. The number of pyridine rings is 1. The molecule has 0 fully saturated rings. The van der Waals surface area contributed by atoms with Gasteiger partial charge in [0.25, 0.3) is 0 Å². The third-order valence-electron chi connectivity index (χ3n) is 2.55. The first-order valence-electron chi connectivity index (χ1n) is 5.32. The van der Waals surface area contributed by atoms with Gasteiger partial charge in [-0.2, -0.15) is 13.2 Å². The molecule has 0 saturated carbocycles. The van der Waals surface area contributed by atoms with Gasteiger partial charge >= 0.3 is 6.18 Å². The lowest BCUT2D eigenvalue weighted by Gasteiger charge is -2.11. The highest BCUT2D eigenvalue weighted by atomic mass is 79.9. The van der Waals surface area contributed by atoms with Crippen LogP contribution in [0.5, 0.6) is 0 Å². The molecule has 7 heteroatoms. The van der Waals surface area contributed by atoms with Crippen LogP contribution in [0, 0.1) is 0 Å². The number of nitrogens with zero attached hydrogens (tertiary/aromatic N) is 1. The van der Waals surface area contributed by atoms with Crippen LogP contribution in [0.3, 0.4) is 0 Å².